The molecule has 0 bridgehead atoms. The van der Waals surface area contributed by atoms with Gasteiger partial charge in [0.2, 0.25) is 0 Å². The number of halogens is 1. The van der Waals surface area contributed by atoms with Gasteiger partial charge in [-0.2, -0.15) is 8.42 Å². The van der Waals surface area contributed by atoms with Crippen LogP contribution in [0.3, 0.4) is 0 Å². The fraction of sp³-hybridized carbons (Fsp3) is 0.250. The summed E-state index contributed by atoms with van der Waals surface area (Å²) in [4.78, 5) is 0. The van der Waals surface area contributed by atoms with Crippen LogP contribution >= 0.6 is 15.9 Å². The van der Waals surface area contributed by atoms with E-state index < -0.39 is 10.1 Å². The Hall–Kier alpha value is -0.550. The van der Waals surface area contributed by atoms with Gasteiger partial charge >= 0.3 is 10.1 Å². The Labute approximate surface area is 86.0 Å². The Bertz CT molecular complexity index is 411. The summed E-state index contributed by atoms with van der Waals surface area (Å²) in [7, 11) is -3.43. The molecule has 3 nitrogen and oxygen atoms in total. The predicted octanol–water partition coefficient (Wildman–Crippen LogP) is 2.10. The van der Waals surface area contributed by atoms with Gasteiger partial charge < -0.3 is 4.18 Å². The molecule has 0 aliphatic rings. The molecule has 0 amide bonds. The molecule has 1 aromatic carbocycles. The highest BCUT2D eigenvalue weighted by Gasteiger charge is 2.06. The average molecular weight is 265 g/mol. The van der Waals surface area contributed by atoms with E-state index in [0.717, 1.165) is 16.3 Å². The maximum absolute atomic E-state index is 10.8. The maximum atomic E-state index is 10.8. The Morgan fingerprint density at radius 1 is 1.38 bits per heavy atom. The molecule has 0 unspecified atom stereocenters. The van der Waals surface area contributed by atoms with Crippen molar-refractivity contribution in [3.63, 3.8) is 0 Å². The van der Waals surface area contributed by atoms with Crippen molar-refractivity contribution in [3.05, 3.63) is 28.2 Å². The lowest BCUT2D eigenvalue weighted by atomic mass is 10.2. The summed E-state index contributed by atoms with van der Waals surface area (Å²) in [5.41, 5.74) is 0.778. The molecule has 0 fully saturated rings. The van der Waals surface area contributed by atoms with Crippen molar-refractivity contribution in [2.45, 2.75) is 6.92 Å². The fourth-order valence-electron chi connectivity index (χ4n) is 0.869. The maximum Gasteiger partial charge on any atom is 0.306 e. The van der Waals surface area contributed by atoms with E-state index in [1.165, 1.54) is 0 Å². The molecule has 0 saturated carbocycles. The highest BCUT2D eigenvalue weighted by molar-refractivity contribution is 9.10. The first-order valence-electron chi connectivity index (χ1n) is 3.54. The molecule has 13 heavy (non-hydrogen) atoms. The monoisotopic (exact) mass is 264 g/mol. The molecular formula is C8H9BrO3S. The summed E-state index contributed by atoms with van der Waals surface area (Å²) in [6.07, 6.45) is 1.02. The molecule has 72 valence electrons. The molecule has 0 spiro atoms. The van der Waals surface area contributed by atoms with Crippen molar-refractivity contribution in [1.29, 1.82) is 0 Å². The minimum atomic E-state index is -3.43. The van der Waals surface area contributed by atoms with Crippen LogP contribution in [0.2, 0.25) is 0 Å². The smallest absolute Gasteiger partial charge is 0.306 e. The van der Waals surface area contributed by atoms with Gasteiger partial charge in [-0.05, 0) is 30.7 Å². The summed E-state index contributed by atoms with van der Waals surface area (Å²) < 4.78 is 27.2. The third-order valence-corrected chi connectivity index (χ3v) is 2.35. The summed E-state index contributed by atoms with van der Waals surface area (Å²) in [5.74, 6) is 0.366. The van der Waals surface area contributed by atoms with Crippen LogP contribution in [0, 0.1) is 6.92 Å². The fourth-order valence-corrected chi connectivity index (χ4v) is 1.86. The normalized spacial score (nSPS) is 11.3. The molecule has 0 radical (unpaired) electrons. The molecule has 0 heterocycles. The van der Waals surface area contributed by atoms with Crippen molar-refractivity contribution < 1.29 is 12.6 Å². The van der Waals surface area contributed by atoms with Crippen molar-refractivity contribution in [2.24, 2.45) is 0 Å². The van der Waals surface area contributed by atoms with Gasteiger partial charge in [-0.3, -0.25) is 0 Å². The molecule has 0 aromatic heterocycles. The summed E-state index contributed by atoms with van der Waals surface area (Å²) >= 11 is 3.27. The van der Waals surface area contributed by atoms with Crippen molar-refractivity contribution in [1.82, 2.24) is 0 Å². The van der Waals surface area contributed by atoms with Crippen LogP contribution in [0.15, 0.2) is 22.7 Å². The van der Waals surface area contributed by atoms with Gasteiger partial charge in [-0.1, -0.05) is 15.9 Å². The van der Waals surface area contributed by atoms with E-state index in [2.05, 4.69) is 15.9 Å². The van der Waals surface area contributed by atoms with Gasteiger partial charge in [-0.15, -0.1) is 0 Å². The number of hydrogen-bond donors (Lipinski definition) is 0. The minimum absolute atomic E-state index is 0.366. The van der Waals surface area contributed by atoms with Crippen LogP contribution in [0.1, 0.15) is 5.56 Å². The van der Waals surface area contributed by atoms with E-state index >= 15 is 0 Å². The van der Waals surface area contributed by atoms with Gasteiger partial charge in [0.05, 0.1) is 6.26 Å². The van der Waals surface area contributed by atoms with Crippen molar-refractivity contribution in [2.75, 3.05) is 6.26 Å². The van der Waals surface area contributed by atoms with E-state index in [1.54, 1.807) is 25.1 Å². The predicted molar refractivity (Wildman–Crippen MR) is 54.4 cm³/mol. The highest BCUT2D eigenvalue weighted by Crippen LogP contribution is 2.22. The first-order chi connectivity index (χ1) is 5.88. The number of hydrogen-bond acceptors (Lipinski definition) is 3. The van der Waals surface area contributed by atoms with Crippen LogP contribution in [-0.2, 0) is 10.1 Å². The molecule has 5 heteroatoms. The minimum Gasteiger partial charge on any atom is -0.382 e. The Kier molecular flexibility index (Phi) is 2.98. The lowest BCUT2D eigenvalue weighted by molar-refractivity contribution is 0.491. The van der Waals surface area contributed by atoms with Gasteiger partial charge in [0.1, 0.15) is 5.75 Å². The number of benzene rings is 1. The molecule has 0 atom stereocenters. The second-order valence-electron chi connectivity index (χ2n) is 2.70. The van der Waals surface area contributed by atoms with Crippen LogP contribution in [0.25, 0.3) is 0 Å². The SMILES string of the molecule is Cc1cc(Br)ccc1OS(C)(=O)=O. The van der Waals surface area contributed by atoms with Gasteiger partial charge in [0, 0.05) is 4.47 Å². The van der Waals surface area contributed by atoms with Crippen molar-refractivity contribution in [3.8, 4) is 5.75 Å². The van der Waals surface area contributed by atoms with Gasteiger partial charge in [0.25, 0.3) is 0 Å². The zero-order valence-corrected chi connectivity index (χ0v) is 9.65. The lowest BCUT2D eigenvalue weighted by Crippen LogP contribution is -2.06. The summed E-state index contributed by atoms with van der Waals surface area (Å²) in [6.45, 7) is 1.78. The quantitative estimate of drug-likeness (QED) is 0.769. The first kappa shape index (κ1) is 10.5. The van der Waals surface area contributed by atoms with Crippen LogP contribution < -0.4 is 4.18 Å². The zero-order valence-electron chi connectivity index (χ0n) is 7.24. The number of aryl methyl sites for hydroxylation is 1. The standard InChI is InChI=1S/C8H9BrO3S/c1-6-5-7(9)3-4-8(6)12-13(2,10)11/h3-5H,1-2H3. The summed E-state index contributed by atoms with van der Waals surface area (Å²) in [5, 5.41) is 0. The van der Waals surface area contributed by atoms with Crippen molar-refractivity contribution >= 4 is 26.0 Å². The Balaban J connectivity index is 3.04. The van der Waals surface area contributed by atoms with Gasteiger partial charge in [-0.25, -0.2) is 0 Å². The topological polar surface area (TPSA) is 43.4 Å². The molecule has 1 aromatic rings. The second kappa shape index (κ2) is 3.67. The van der Waals surface area contributed by atoms with E-state index in [4.69, 9.17) is 4.18 Å². The molecule has 1 rings (SSSR count). The lowest BCUT2D eigenvalue weighted by Gasteiger charge is -2.05. The third kappa shape index (κ3) is 3.36. The molecule has 0 saturated heterocycles. The van der Waals surface area contributed by atoms with Crippen LogP contribution in [0.4, 0.5) is 0 Å². The average Bonchev–Trinajstić information content (AvgIpc) is 1.93. The zero-order chi connectivity index (χ0) is 10.1. The van der Waals surface area contributed by atoms with E-state index in [1.807, 2.05) is 0 Å². The second-order valence-corrected chi connectivity index (χ2v) is 5.19. The number of rotatable bonds is 2. The Morgan fingerprint density at radius 3 is 2.46 bits per heavy atom. The Morgan fingerprint density at radius 2 is 2.00 bits per heavy atom. The molecule has 0 aliphatic carbocycles. The van der Waals surface area contributed by atoms with E-state index in [-0.39, 0.29) is 0 Å². The van der Waals surface area contributed by atoms with Gasteiger partial charge in [0.15, 0.2) is 0 Å². The molecule has 0 aliphatic heterocycles. The van der Waals surface area contributed by atoms with Crippen LogP contribution in [-0.4, -0.2) is 14.7 Å². The van der Waals surface area contributed by atoms with Crippen LogP contribution in [0.5, 0.6) is 5.75 Å². The third-order valence-electron chi connectivity index (χ3n) is 1.38. The first-order valence-corrected chi connectivity index (χ1v) is 6.15. The van der Waals surface area contributed by atoms with E-state index in [0.29, 0.717) is 5.75 Å². The molecular weight excluding hydrogens is 256 g/mol. The largest absolute Gasteiger partial charge is 0.382 e. The highest BCUT2D eigenvalue weighted by atomic mass is 79.9. The molecule has 0 N–H and O–H groups in total. The van der Waals surface area contributed by atoms with E-state index in [9.17, 15) is 8.42 Å². The summed E-state index contributed by atoms with van der Waals surface area (Å²) in [6, 6.07) is 5.13.